The number of piperidine rings is 1. The monoisotopic (exact) mass is 598 g/mol. The van der Waals surface area contributed by atoms with Gasteiger partial charge in [-0.15, -0.1) is 0 Å². The van der Waals surface area contributed by atoms with Crippen molar-refractivity contribution < 1.29 is 28.6 Å². The van der Waals surface area contributed by atoms with Gasteiger partial charge in [-0.1, -0.05) is 24.3 Å². The van der Waals surface area contributed by atoms with Crippen LogP contribution < -0.4 is 24.8 Å². The number of hydrogen-bond acceptors (Lipinski definition) is 7. The summed E-state index contributed by atoms with van der Waals surface area (Å²) in [5.74, 6) is 1.46. The van der Waals surface area contributed by atoms with Gasteiger partial charge in [0, 0.05) is 43.9 Å². The van der Waals surface area contributed by atoms with Crippen LogP contribution in [0.3, 0.4) is 0 Å². The Balaban J connectivity index is 1.30. The molecule has 4 heterocycles. The van der Waals surface area contributed by atoms with E-state index in [2.05, 4.69) is 15.5 Å². The number of benzene rings is 3. The van der Waals surface area contributed by atoms with E-state index in [1.807, 2.05) is 47.4 Å². The summed E-state index contributed by atoms with van der Waals surface area (Å²) >= 11 is 0. The smallest absolute Gasteiger partial charge is 0.258 e. The maximum atomic E-state index is 13.8. The van der Waals surface area contributed by atoms with Gasteiger partial charge in [-0.2, -0.15) is 0 Å². The van der Waals surface area contributed by atoms with Gasteiger partial charge in [0.25, 0.3) is 11.8 Å². The molecule has 10 nitrogen and oxygen atoms in total. The first-order chi connectivity index (χ1) is 21.4. The van der Waals surface area contributed by atoms with E-state index in [-0.39, 0.29) is 36.5 Å². The largest absolute Gasteiger partial charge is 0.496 e. The van der Waals surface area contributed by atoms with Crippen LogP contribution in [0.5, 0.6) is 17.2 Å². The SMILES string of the molecule is COc1ccc2cc1-c1cccc(c1)OCC(=O)NCc1ccc(cc1)O[C@@H]1CCN(CC(=O)N3CCCC3)C[C@H]1NC2=O. The van der Waals surface area contributed by atoms with Gasteiger partial charge in [-0.25, -0.2) is 0 Å². The van der Waals surface area contributed by atoms with Gasteiger partial charge in [0.15, 0.2) is 6.61 Å². The van der Waals surface area contributed by atoms with Gasteiger partial charge in [0.2, 0.25) is 5.91 Å². The third-order valence-corrected chi connectivity index (χ3v) is 8.44. The second-order valence-electron chi connectivity index (χ2n) is 11.5. The molecule has 2 atom stereocenters. The van der Waals surface area contributed by atoms with Gasteiger partial charge in [-0.3, -0.25) is 19.3 Å². The molecule has 0 radical (unpaired) electrons. The molecular formula is C34H38N4O6. The fourth-order valence-electron chi connectivity index (χ4n) is 6.02. The molecule has 0 aromatic heterocycles. The molecule has 0 spiro atoms. The number of ether oxygens (including phenoxy) is 3. The van der Waals surface area contributed by atoms with Crippen LogP contribution in [0.2, 0.25) is 0 Å². The molecule has 10 heteroatoms. The molecule has 2 N–H and O–H groups in total. The fraction of sp³-hybridized carbons (Fsp3) is 0.382. The lowest BCUT2D eigenvalue weighted by Crippen LogP contribution is -2.58. The van der Waals surface area contributed by atoms with E-state index in [1.165, 1.54) is 0 Å². The first kappa shape index (κ1) is 29.5. The molecule has 2 fully saturated rings. The van der Waals surface area contributed by atoms with E-state index in [4.69, 9.17) is 14.2 Å². The fourth-order valence-corrected chi connectivity index (χ4v) is 6.02. The summed E-state index contributed by atoms with van der Waals surface area (Å²) < 4.78 is 17.8. The molecule has 6 bridgehead atoms. The Morgan fingerprint density at radius 2 is 1.77 bits per heavy atom. The lowest BCUT2D eigenvalue weighted by molar-refractivity contribution is -0.132. The van der Waals surface area contributed by atoms with Crippen molar-refractivity contribution in [3.8, 4) is 28.4 Å². The van der Waals surface area contributed by atoms with E-state index in [1.54, 1.807) is 31.4 Å². The number of carbonyl (C=O) groups is 3. The molecule has 3 aromatic carbocycles. The number of nitrogens with one attached hydrogen (secondary N) is 2. The summed E-state index contributed by atoms with van der Waals surface area (Å²) in [6, 6.07) is 19.9. The number of rotatable bonds is 3. The molecule has 2 saturated heterocycles. The average molecular weight is 599 g/mol. The Kier molecular flexibility index (Phi) is 8.97. The highest BCUT2D eigenvalue weighted by Gasteiger charge is 2.34. The molecule has 3 aromatic rings. The molecule has 230 valence electrons. The number of amides is 3. The predicted molar refractivity (Wildman–Crippen MR) is 165 cm³/mol. The second-order valence-corrected chi connectivity index (χ2v) is 11.5. The Morgan fingerprint density at radius 1 is 0.955 bits per heavy atom. The molecule has 0 saturated carbocycles. The van der Waals surface area contributed by atoms with Gasteiger partial charge in [-0.05, 0) is 72.9 Å². The number of hydrogen-bond donors (Lipinski definition) is 2. The highest BCUT2D eigenvalue weighted by atomic mass is 16.5. The van der Waals surface area contributed by atoms with Crippen molar-refractivity contribution >= 4 is 17.7 Å². The van der Waals surface area contributed by atoms with Crippen LogP contribution in [0.25, 0.3) is 11.1 Å². The minimum absolute atomic E-state index is 0.131. The molecule has 0 unspecified atom stereocenters. The third-order valence-electron chi connectivity index (χ3n) is 8.44. The van der Waals surface area contributed by atoms with Crippen LogP contribution >= 0.6 is 0 Å². The zero-order valence-corrected chi connectivity index (χ0v) is 24.9. The van der Waals surface area contributed by atoms with Crippen LogP contribution in [0.1, 0.15) is 35.2 Å². The van der Waals surface area contributed by atoms with Crippen molar-refractivity contribution in [2.24, 2.45) is 0 Å². The summed E-state index contributed by atoms with van der Waals surface area (Å²) in [5, 5.41) is 6.11. The zero-order chi connectivity index (χ0) is 30.5. The van der Waals surface area contributed by atoms with E-state index < -0.39 is 0 Å². The van der Waals surface area contributed by atoms with Crippen molar-refractivity contribution in [1.29, 1.82) is 0 Å². The van der Waals surface area contributed by atoms with E-state index >= 15 is 0 Å². The second kappa shape index (κ2) is 13.4. The summed E-state index contributed by atoms with van der Waals surface area (Å²) in [5.41, 5.74) is 2.90. The van der Waals surface area contributed by atoms with Gasteiger partial charge in [0.1, 0.15) is 23.4 Å². The molecule has 7 rings (SSSR count). The molecular weight excluding hydrogens is 560 g/mol. The summed E-state index contributed by atoms with van der Waals surface area (Å²) in [6.07, 6.45) is 2.45. The normalized spacial score (nSPS) is 20.9. The number of carbonyl (C=O) groups excluding carboxylic acids is 3. The molecule has 4 aliphatic rings. The molecule has 0 aliphatic carbocycles. The minimum atomic E-state index is -0.352. The number of nitrogens with zero attached hydrogens (tertiary/aromatic N) is 2. The lowest BCUT2D eigenvalue weighted by Gasteiger charge is -2.39. The minimum Gasteiger partial charge on any atom is -0.496 e. The standard InChI is InChI=1S/C34H38N4O6/c1-42-30-12-9-25-18-28(30)24-5-4-6-27(17-24)43-22-32(39)35-19-23-7-10-26(11-8-23)44-31-13-16-37(20-29(31)36-34(25)41)21-33(40)38-14-2-3-15-38/h4-12,17-18,29,31H,2-3,13-16,19-22H2,1H3,(H,35,39)(H,36,41)/t29-,31-/m1/s1. The van der Waals surface area contributed by atoms with E-state index in [0.717, 1.165) is 42.6 Å². The highest BCUT2D eigenvalue weighted by Crippen LogP contribution is 2.33. The van der Waals surface area contributed by atoms with Crippen molar-refractivity contribution in [2.45, 2.75) is 38.0 Å². The number of fused-ring (bicyclic) bond motifs is 7. The first-order valence-electron chi connectivity index (χ1n) is 15.2. The van der Waals surface area contributed by atoms with Crippen LogP contribution in [-0.2, 0) is 16.1 Å². The van der Waals surface area contributed by atoms with Crippen LogP contribution in [0, 0.1) is 0 Å². The maximum absolute atomic E-state index is 13.8. The van der Waals surface area contributed by atoms with Crippen molar-refractivity contribution in [1.82, 2.24) is 20.4 Å². The van der Waals surface area contributed by atoms with Gasteiger partial charge in [0.05, 0.1) is 19.7 Å². The Labute approximate surface area is 257 Å². The van der Waals surface area contributed by atoms with Crippen molar-refractivity contribution in [3.05, 3.63) is 77.9 Å². The van der Waals surface area contributed by atoms with Gasteiger partial charge >= 0.3 is 0 Å². The number of likely N-dealkylation sites (tertiary alicyclic amines) is 2. The van der Waals surface area contributed by atoms with Gasteiger partial charge < -0.3 is 29.7 Å². The van der Waals surface area contributed by atoms with E-state index in [9.17, 15) is 14.4 Å². The molecule has 44 heavy (non-hydrogen) atoms. The Morgan fingerprint density at radius 3 is 2.57 bits per heavy atom. The highest BCUT2D eigenvalue weighted by molar-refractivity contribution is 5.96. The average Bonchev–Trinajstić information content (AvgIpc) is 3.60. The predicted octanol–water partition coefficient (Wildman–Crippen LogP) is 3.24. The first-order valence-corrected chi connectivity index (χ1v) is 15.2. The van der Waals surface area contributed by atoms with Crippen LogP contribution in [0.4, 0.5) is 0 Å². The molecule has 3 amide bonds. The van der Waals surface area contributed by atoms with Crippen LogP contribution in [0.15, 0.2) is 66.7 Å². The topological polar surface area (TPSA) is 109 Å². The zero-order valence-electron chi connectivity index (χ0n) is 24.9. The molecule has 4 aliphatic heterocycles. The quantitative estimate of drug-likeness (QED) is 0.477. The maximum Gasteiger partial charge on any atom is 0.258 e. The lowest BCUT2D eigenvalue weighted by atomic mass is 9.99. The van der Waals surface area contributed by atoms with Crippen LogP contribution in [-0.4, -0.2) is 86.1 Å². The van der Waals surface area contributed by atoms with Crippen molar-refractivity contribution in [3.63, 3.8) is 0 Å². The summed E-state index contributed by atoms with van der Waals surface area (Å²) in [6.45, 7) is 3.35. The van der Waals surface area contributed by atoms with Crippen molar-refractivity contribution in [2.75, 3.05) is 46.4 Å². The van der Waals surface area contributed by atoms with E-state index in [0.29, 0.717) is 55.4 Å². The number of methoxy groups -OCH3 is 1. The Bertz CT molecular complexity index is 1500. The Hall–Kier alpha value is -4.57. The summed E-state index contributed by atoms with van der Waals surface area (Å²) in [4.78, 5) is 43.3. The third kappa shape index (κ3) is 6.97. The summed E-state index contributed by atoms with van der Waals surface area (Å²) in [7, 11) is 1.58.